The fourth-order valence-electron chi connectivity index (χ4n) is 3.44. The Morgan fingerprint density at radius 3 is 1.34 bits per heavy atom. The number of hydrogen-bond donors (Lipinski definition) is 5. The summed E-state index contributed by atoms with van der Waals surface area (Å²) in [6, 6.07) is 0. The number of nitrogens with one attached hydrogen (secondary N) is 4. The standard InChI is InChI=1S/C20H40N2O4S5.C12H24N2O4S/c1-3-13-28-29-14-8-15-30-31-17-12-26-18-25-11-16-27-20(24)22-10-7-5-4-6-9-21-19(2)23;1-11(16)13-6-4-2-3-5-7-14-12(17)19-9-8-18-10-15/h3-18H2,1-2H3,(H,21,23)(H,22,24);15H,2-10H2,1H3,(H,13,16)(H,14,17). The summed E-state index contributed by atoms with van der Waals surface area (Å²) in [6.45, 7) is 9.65. The van der Waals surface area contributed by atoms with Crippen LogP contribution in [0.15, 0.2) is 0 Å². The smallest absolute Gasteiger partial charge is 0.279 e. The van der Waals surface area contributed by atoms with E-state index in [2.05, 4.69) is 28.2 Å². The van der Waals surface area contributed by atoms with Gasteiger partial charge in [-0.15, -0.1) is 0 Å². The number of carbonyl (C=O) groups excluding carboxylic acids is 4. The summed E-state index contributed by atoms with van der Waals surface area (Å²) in [4.78, 5) is 44.3. The zero-order chi connectivity index (χ0) is 37.2. The topological polar surface area (TPSA) is 164 Å². The van der Waals surface area contributed by atoms with Crippen molar-refractivity contribution in [3.05, 3.63) is 0 Å². The molecule has 0 rings (SSSR count). The Hall–Kier alpha value is -0.180. The molecule has 50 heavy (non-hydrogen) atoms. The van der Waals surface area contributed by atoms with E-state index >= 15 is 0 Å². The zero-order valence-corrected chi connectivity index (χ0v) is 35.3. The van der Waals surface area contributed by atoms with Gasteiger partial charge in [-0.1, -0.05) is 99.3 Å². The van der Waals surface area contributed by atoms with Gasteiger partial charge in [0.1, 0.15) is 13.6 Å². The molecule has 0 saturated heterocycles. The predicted octanol–water partition coefficient (Wildman–Crippen LogP) is 6.77. The molecule has 0 aliphatic heterocycles. The molecule has 0 heterocycles. The predicted molar refractivity (Wildman–Crippen MR) is 221 cm³/mol. The van der Waals surface area contributed by atoms with Crippen LogP contribution in [0.5, 0.6) is 0 Å². The maximum atomic E-state index is 11.7. The summed E-state index contributed by atoms with van der Waals surface area (Å²) in [5.41, 5.74) is 0. The van der Waals surface area contributed by atoms with E-state index in [1.807, 2.05) is 43.2 Å². The zero-order valence-electron chi connectivity index (χ0n) is 30.4. The minimum Gasteiger partial charge on any atom is -0.371 e. The minimum atomic E-state index is -0.305. The van der Waals surface area contributed by atoms with Gasteiger partial charge in [-0.25, -0.2) is 0 Å². The second kappa shape index (κ2) is 45.0. The highest BCUT2D eigenvalue weighted by molar-refractivity contribution is 8.77. The molecular formula is C32H64N4O8S6. The number of thioether (sulfide) groups is 2. The molecule has 0 bridgehead atoms. The monoisotopic (exact) mass is 824 g/mol. The highest BCUT2D eigenvalue weighted by atomic mass is 33.1. The summed E-state index contributed by atoms with van der Waals surface area (Å²) < 4.78 is 15.6. The molecule has 0 aliphatic rings. The van der Waals surface area contributed by atoms with Crippen molar-refractivity contribution in [1.29, 1.82) is 0 Å². The Balaban J connectivity index is 0. The molecule has 0 aromatic heterocycles. The average Bonchev–Trinajstić information content (AvgIpc) is 3.09. The Morgan fingerprint density at radius 1 is 0.500 bits per heavy atom. The van der Waals surface area contributed by atoms with E-state index in [0.717, 1.165) is 82.0 Å². The Kier molecular flexibility index (Phi) is 46.7. The maximum absolute atomic E-state index is 11.7. The minimum absolute atomic E-state index is 0.00135. The average molecular weight is 825 g/mol. The lowest BCUT2D eigenvalue weighted by Crippen LogP contribution is -2.21. The lowest BCUT2D eigenvalue weighted by Gasteiger charge is -2.07. The van der Waals surface area contributed by atoms with Gasteiger partial charge in [0.2, 0.25) is 11.8 Å². The van der Waals surface area contributed by atoms with Crippen LogP contribution in [0.2, 0.25) is 0 Å². The first-order valence-corrected chi connectivity index (χ1v) is 24.4. The molecule has 12 nitrogen and oxygen atoms in total. The van der Waals surface area contributed by atoms with Crippen LogP contribution in [0.3, 0.4) is 0 Å². The number of ether oxygens (including phenoxy) is 3. The van der Waals surface area contributed by atoms with Crippen LogP contribution >= 0.6 is 66.7 Å². The second-order valence-corrected chi connectivity index (χ2v) is 18.1. The maximum Gasteiger partial charge on any atom is 0.279 e. The summed E-state index contributed by atoms with van der Waals surface area (Å²) >= 11 is 2.41. The van der Waals surface area contributed by atoms with Crippen LogP contribution in [0, 0.1) is 0 Å². The van der Waals surface area contributed by atoms with Crippen molar-refractivity contribution in [3.63, 3.8) is 0 Å². The molecule has 0 unspecified atom stereocenters. The summed E-state index contributed by atoms with van der Waals surface area (Å²) in [5.74, 6) is 5.85. The molecule has 0 spiro atoms. The molecule has 0 fully saturated rings. The lowest BCUT2D eigenvalue weighted by atomic mass is 10.2. The third kappa shape index (κ3) is 49.9. The van der Waals surface area contributed by atoms with Gasteiger partial charge in [-0.3, -0.25) is 19.2 Å². The van der Waals surface area contributed by atoms with E-state index in [1.54, 1.807) is 0 Å². The quantitative estimate of drug-likeness (QED) is 0.0262. The number of amides is 4. The molecular weight excluding hydrogens is 761 g/mol. The summed E-state index contributed by atoms with van der Waals surface area (Å²) in [6.07, 6.45) is 10.6. The fraction of sp³-hybridized carbons (Fsp3) is 0.875. The Labute approximate surface area is 326 Å². The first kappa shape index (κ1) is 51.9. The van der Waals surface area contributed by atoms with Crippen molar-refractivity contribution in [3.8, 4) is 0 Å². The summed E-state index contributed by atoms with van der Waals surface area (Å²) in [7, 11) is 7.74. The van der Waals surface area contributed by atoms with Crippen LogP contribution in [-0.2, 0) is 23.8 Å². The van der Waals surface area contributed by atoms with Crippen molar-refractivity contribution in [2.45, 2.75) is 85.0 Å². The van der Waals surface area contributed by atoms with E-state index in [9.17, 15) is 19.2 Å². The first-order chi connectivity index (χ1) is 24.3. The molecule has 296 valence electrons. The number of aliphatic hydroxyl groups excluding tert-OH is 1. The van der Waals surface area contributed by atoms with E-state index in [-0.39, 0.29) is 35.9 Å². The first-order valence-electron chi connectivity index (χ1n) is 17.5. The van der Waals surface area contributed by atoms with E-state index in [0.29, 0.717) is 44.4 Å². The molecule has 4 amide bonds. The van der Waals surface area contributed by atoms with Gasteiger partial charge in [0, 0.05) is 74.5 Å². The van der Waals surface area contributed by atoms with Crippen LogP contribution in [0.4, 0.5) is 9.59 Å². The molecule has 0 radical (unpaired) electrons. The van der Waals surface area contributed by atoms with Crippen LogP contribution < -0.4 is 21.3 Å². The van der Waals surface area contributed by atoms with Crippen molar-refractivity contribution in [2.75, 3.05) is 94.1 Å². The van der Waals surface area contributed by atoms with Crippen LogP contribution in [-0.4, -0.2) is 122 Å². The summed E-state index contributed by atoms with van der Waals surface area (Å²) in [5, 5.41) is 19.5. The third-order valence-electron chi connectivity index (χ3n) is 5.89. The molecule has 18 heteroatoms. The van der Waals surface area contributed by atoms with E-state index < -0.39 is 0 Å². The molecule has 0 aromatic carbocycles. The van der Waals surface area contributed by atoms with Crippen LogP contribution in [0.25, 0.3) is 0 Å². The lowest BCUT2D eigenvalue weighted by molar-refractivity contribution is -0.119. The van der Waals surface area contributed by atoms with Crippen molar-refractivity contribution in [2.24, 2.45) is 0 Å². The number of aliphatic hydroxyl groups is 1. The largest absolute Gasteiger partial charge is 0.371 e. The van der Waals surface area contributed by atoms with Gasteiger partial charge >= 0.3 is 0 Å². The molecule has 0 aromatic rings. The number of rotatable bonds is 34. The number of unbranched alkanes of at least 4 members (excludes halogenated alkanes) is 6. The number of hydrogen-bond acceptors (Lipinski definition) is 14. The molecule has 0 aliphatic carbocycles. The normalized spacial score (nSPS) is 10.6. The van der Waals surface area contributed by atoms with Crippen molar-refractivity contribution in [1.82, 2.24) is 21.3 Å². The molecule has 5 N–H and O–H groups in total. The van der Waals surface area contributed by atoms with Crippen molar-refractivity contribution >= 4 is 89.0 Å². The Morgan fingerprint density at radius 2 is 0.900 bits per heavy atom. The Bertz CT molecular complexity index is 797. The van der Waals surface area contributed by atoms with Gasteiger partial charge in [0.05, 0.1) is 19.8 Å². The van der Waals surface area contributed by atoms with Gasteiger partial charge < -0.3 is 40.6 Å². The SMILES string of the molecule is CC(=O)NCCCCCCNC(=O)SCCOCO.CCCSSCCCSSCCOCOCCSC(=O)NCCCCCCNC(C)=O. The second-order valence-electron chi connectivity index (χ2n) is 10.5. The van der Waals surface area contributed by atoms with Crippen molar-refractivity contribution < 1.29 is 38.5 Å². The van der Waals surface area contributed by atoms with Crippen LogP contribution in [0.1, 0.15) is 85.0 Å². The number of carbonyl (C=O) groups is 4. The van der Waals surface area contributed by atoms with E-state index in [4.69, 9.17) is 19.3 Å². The van der Waals surface area contributed by atoms with E-state index in [1.165, 1.54) is 55.7 Å². The fourth-order valence-corrected chi connectivity index (χ4v) is 8.97. The third-order valence-corrected chi connectivity index (χ3v) is 12.6. The molecule has 0 saturated carbocycles. The highest BCUT2D eigenvalue weighted by Gasteiger charge is 2.03. The van der Waals surface area contributed by atoms with Gasteiger partial charge in [0.15, 0.2) is 0 Å². The van der Waals surface area contributed by atoms with Gasteiger partial charge in [0.25, 0.3) is 10.5 Å². The highest BCUT2D eigenvalue weighted by Crippen LogP contribution is 2.26. The van der Waals surface area contributed by atoms with Gasteiger partial charge in [-0.05, 0) is 38.5 Å². The molecule has 0 atom stereocenters. The van der Waals surface area contributed by atoms with Gasteiger partial charge in [-0.2, -0.15) is 0 Å².